The Labute approximate surface area is 243 Å². The van der Waals surface area contributed by atoms with E-state index in [-0.39, 0.29) is 26.9 Å². The molecular formula is C30H15F6N3OPt. The summed E-state index contributed by atoms with van der Waals surface area (Å²) in [5, 5.41) is 1.31. The number of hydrogen-bond acceptors (Lipinski definition) is 3. The fourth-order valence-corrected chi connectivity index (χ4v) is 4.49. The summed E-state index contributed by atoms with van der Waals surface area (Å²) in [5.74, 6) is 0.421. The van der Waals surface area contributed by atoms with Gasteiger partial charge in [0, 0.05) is 23.5 Å². The monoisotopic (exact) mass is 742 g/mol. The zero-order valence-electron chi connectivity index (χ0n) is 20.5. The van der Waals surface area contributed by atoms with Crippen LogP contribution in [0.4, 0.5) is 26.3 Å². The van der Waals surface area contributed by atoms with E-state index in [1.807, 2.05) is 0 Å². The van der Waals surface area contributed by atoms with Crippen molar-refractivity contribution in [3.63, 3.8) is 0 Å². The third-order valence-corrected chi connectivity index (χ3v) is 6.18. The van der Waals surface area contributed by atoms with Crippen LogP contribution in [0.5, 0.6) is 11.6 Å². The molecule has 0 atom stereocenters. The van der Waals surface area contributed by atoms with Gasteiger partial charge in [0.25, 0.3) is 0 Å². The number of aromatic nitrogens is 3. The molecular weight excluding hydrogens is 727 g/mol. The van der Waals surface area contributed by atoms with Crippen LogP contribution in [0.1, 0.15) is 11.3 Å². The summed E-state index contributed by atoms with van der Waals surface area (Å²) >= 11 is 0. The molecule has 4 nitrogen and oxygen atoms in total. The van der Waals surface area contributed by atoms with Gasteiger partial charge in [0.05, 0.1) is 5.56 Å². The Balaban J connectivity index is 0.00000337. The van der Waals surface area contributed by atoms with Crippen LogP contribution in [0.25, 0.3) is 38.8 Å². The first-order chi connectivity index (χ1) is 19.1. The maximum atomic E-state index is 13.7. The van der Waals surface area contributed by atoms with Gasteiger partial charge in [-0.25, -0.2) is 21.1 Å². The van der Waals surface area contributed by atoms with Gasteiger partial charge in [-0.1, -0.05) is 29.7 Å². The largest absolute Gasteiger partial charge is 2.00 e. The van der Waals surface area contributed by atoms with E-state index in [2.05, 4.69) is 22.1 Å². The normalized spacial score (nSPS) is 12.0. The Morgan fingerprint density at radius 2 is 1.44 bits per heavy atom. The maximum absolute atomic E-state index is 13.7. The fourth-order valence-electron chi connectivity index (χ4n) is 4.49. The molecule has 0 unspecified atom stereocenters. The Morgan fingerprint density at radius 3 is 2.17 bits per heavy atom. The molecule has 0 aliphatic carbocycles. The molecule has 3 heterocycles. The first kappa shape index (κ1) is 28.4. The van der Waals surface area contributed by atoms with Gasteiger partial charge >= 0.3 is 33.4 Å². The summed E-state index contributed by atoms with van der Waals surface area (Å²) in [6.45, 7) is 0. The molecule has 0 aliphatic heterocycles. The smallest absolute Gasteiger partial charge is 0.460 e. The van der Waals surface area contributed by atoms with Crippen molar-refractivity contribution in [2.75, 3.05) is 0 Å². The molecule has 3 aromatic heterocycles. The van der Waals surface area contributed by atoms with Gasteiger partial charge in [0.15, 0.2) is 5.69 Å². The summed E-state index contributed by atoms with van der Waals surface area (Å²) in [7, 11) is 0. The second-order valence-electron chi connectivity index (χ2n) is 8.75. The second kappa shape index (κ2) is 10.7. The molecule has 6 rings (SSSR count). The number of rotatable bonds is 4. The predicted molar refractivity (Wildman–Crippen MR) is 136 cm³/mol. The molecule has 3 aromatic carbocycles. The number of pyridine rings is 2. The predicted octanol–water partition coefficient (Wildman–Crippen LogP) is 8.67. The van der Waals surface area contributed by atoms with Gasteiger partial charge in [0.2, 0.25) is 5.88 Å². The number of halogens is 6. The molecule has 0 radical (unpaired) electrons. The van der Waals surface area contributed by atoms with Gasteiger partial charge in [0.1, 0.15) is 5.82 Å². The molecule has 0 aliphatic rings. The van der Waals surface area contributed by atoms with Crippen LogP contribution in [-0.4, -0.2) is 14.5 Å². The van der Waals surface area contributed by atoms with Crippen molar-refractivity contribution in [1.29, 1.82) is 0 Å². The zero-order valence-corrected chi connectivity index (χ0v) is 22.8. The van der Waals surface area contributed by atoms with Gasteiger partial charge in [-0.3, -0.25) is 0 Å². The van der Waals surface area contributed by atoms with Gasteiger partial charge in [-0.2, -0.15) is 50.6 Å². The zero-order chi connectivity index (χ0) is 28.1. The van der Waals surface area contributed by atoms with Crippen LogP contribution in [0, 0.1) is 12.1 Å². The minimum absolute atomic E-state index is 0. The quantitative estimate of drug-likeness (QED) is 0.134. The van der Waals surface area contributed by atoms with Crippen LogP contribution >= 0.6 is 0 Å². The minimum Gasteiger partial charge on any atom is -0.460 e. The average Bonchev–Trinajstić information content (AvgIpc) is 3.26. The van der Waals surface area contributed by atoms with E-state index < -0.39 is 23.6 Å². The van der Waals surface area contributed by atoms with Crippen LogP contribution in [-0.2, 0) is 33.4 Å². The number of fused-ring (bicyclic) bond motifs is 3. The fraction of sp³-hybridized carbons (Fsp3) is 0.0667. The van der Waals surface area contributed by atoms with Gasteiger partial charge in [-0.05, 0) is 35.2 Å². The van der Waals surface area contributed by atoms with Crippen LogP contribution in [0.3, 0.4) is 0 Å². The molecule has 0 saturated carbocycles. The van der Waals surface area contributed by atoms with E-state index in [0.717, 1.165) is 6.07 Å². The number of alkyl halides is 6. The molecule has 41 heavy (non-hydrogen) atoms. The van der Waals surface area contributed by atoms with Crippen molar-refractivity contribution in [1.82, 2.24) is 14.5 Å². The topological polar surface area (TPSA) is 39.9 Å². The molecule has 11 heteroatoms. The number of nitrogens with zero attached hydrogens (tertiary/aromatic N) is 3. The summed E-state index contributed by atoms with van der Waals surface area (Å²) in [4.78, 5) is 7.60. The molecule has 0 spiro atoms. The Bertz CT molecular complexity index is 1870. The molecule has 0 amide bonds. The van der Waals surface area contributed by atoms with Crippen LogP contribution in [0.2, 0.25) is 0 Å². The maximum Gasteiger partial charge on any atom is 2.00 e. The number of benzene rings is 3. The van der Waals surface area contributed by atoms with E-state index in [1.54, 1.807) is 79.0 Å². The third kappa shape index (κ3) is 5.44. The molecule has 6 aromatic rings. The van der Waals surface area contributed by atoms with Crippen molar-refractivity contribution < 1.29 is 52.1 Å². The van der Waals surface area contributed by atoms with Crippen LogP contribution in [0.15, 0.2) is 91.1 Å². The van der Waals surface area contributed by atoms with Crippen molar-refractivity contribution in [2.45, 2.75) is 12.4 Å². The summed E-state index contributed by atoms with van der Waals surface area (Å²) in [6.07, 6.45) is -8.97. The number of para-hydroxylation sites is 1. The van der Waals surface area contributed by atoms with Gasteiger partial charge < -0.3 is 9.30 Å². The third-order valence-electron chi connectivity index (χ3n) is 6.18. The first-order valence-corrected chi connectivity index (χ1v) is 11.8. The summed E-state index contributed by atoms with van der Waals surface area (Å²) in [6, 6.07) is 28.5. The second-order valence-corrected chi connectivity index (χ2v) is 8.75. The van der Waals surface area contributed by atoms with E-state index in [0.29, 0.717) is 50.6 Å². The molecule has 0 fully saturated rings. The van der Waals surface area contributed by atoms with Crippen molar-refractivity contribution in [2.24, 2.45) is 0 Å². The molecule has 208 valence electrons. The van der Waals surface area contributed by atoms with E-state index >= 15 is 0 Å². The summed E-state index contributed by atoms with van der Waals surface area (Å²) in [5.41, 5.74) is -1.96. The first-order valence-electron chi connectivity index (χ1n) is 11.8. The van der Waals surface area contributed by atoms with E-state index in [9.17, 15) is 26.3 Å². The SMILES string of the molecule is FC(F)(F)c1ccc(-n2c3[c-]c(-c4[c-]c(Oc5ccccn5)ccc4)ccc3c3ccccc32)nc1C(F)(F)F.[Pt+2]. The summed E-state index contributed by atoms with van der Waals surface area (Å²) < 4.78 is 88.5. The standard InChI is InChI=1S/C30H15F6N3O.Pt/c31-29(32,33)23-13-14-26(38-28(23)30(34,35)36)39-24-9-2-1-8-21(24)22-12-11-19(17-25(22)39)18-6-5-7-20(16-18)40-27-10-3-4-15-37-27;/h1-15H;/q-2;+2. The Kier molecular flexibility index (Phi) is 7.38. The van der Waals surface area contributed by atoms with E-state index in [1.165, 1.54) is 4.57 Å². The van der Waals surface area contributed by atoms with Crippen molar-refractivity contribution in [3.8, 4) is 28.6 Å². The van der Waals surface area contributed by atoms with Crippen molar-refractivity contribution in [3.05, 3.63) is 115 Å². The minimum atomic E-state index is -5.32. The van der Waals surface area contributed by atoms with Crippen LogP contribution < -0.4 is 4.74 Å². The van der Waals surface area contributed by atoms with Gasteiger partial charge in [-0.15, -0.1) is 18.2 Å². The number of ether oxygens (including phenoxy) is 1. The molecule has 0 N–H and O–H groups in total. The molecule has 0 saturated heterocycles. The molecule has 0 bridgehead atoms. The average molecular weight is 743 g/mol. The number of hydrogen-bond donors (Lipinski definition) is 0. The Morgan fingerprint density at radius 1 is 0.683 bits per heavy atom. The Hall–Kier alpha value is -4.17. The van der Waals surface area contributed by atoms with E-state index in [4.69, 9.17) is 4.74 Å². The van der Waals surface area contributed by atoms with Crippen molar-refractivity contribution >= 4 is 21.8 Å².